The SMILES string of the molecule is CCOC(=O)/C=C/CN1CCOc2ccccc2C1. The predicted molar refractivity (Wildman–Crippen MR) is 73.0 cm³/mol. The van der Waals surface area contributed by atoms with Crippen molar-refractivity contribution in [3.63, 3.8) is 0 Å². The molecule has 1 aliphatic heterocycles. The van der Waals surface area contributed by atoms with Crippen molar-refractivity contribution in [3.8, 4) is 5.75 Å². The Balaban J connectivity index is 1.90. The van der Waals surface area contributed by atoms with Crippen LogP contribution in [0.3, 0.4) is 0 Å². The monoisotopic (exact) mass is 261 g/mol. The number of para-hydroxylation sites is 1. The largest absolute Gasteiger partial charge is 0.492 e. The van der Waals surface area contributed by atoms with Crippen molar-refractivity contribution in [2.45, 2.75) is 13.5 Å². The first kappa shape index (κ1) is 13.6. The van der Waals surface area contributed by atoms with E-state index in [4.69, 9.17) is 9.47 Å². The average molecular weight is 261 g/mol. The molecule has 1 heterocycles. The van der Waals surface area contributed by atoms with Gasteiger partial charge in [0.25, 0.3) is 0 Å². The summed E-state index contributed by atoms with van der Waals surface area (Å²) < 4.78 is 10.5. The van der Waals surface area contributed by atoms with Gasteiger partial charge < -0.3 is 9.47 Å². The molecule has 0 fully saturated rings. The highest BCUT2D eigenvalue weighted by Crippen LogP contribution is 2.22. The minimum atomic E-state index is -0.283. The average Bonchev–Trinajstić information content (AvgIpc) is 2.60. The zero-order valence-corrected chi connectivity index (χ0v) is 11.2. The van der Waals surface area contributed by atoms with E-state index in [1.807, 2.05) is 24.3 Å². The van der Waals surface area contributed by atoms with Gasteiger partial charge in [0, 0.05) is 31.3 Å². The second-order valence-electron chi connectivity index (χ2n) is 4.35. The second kappa shape index (κ2) is 6.95. The molecule has 0 spiro atoms. The maximum Gasteiger partial charge on any atom is 0.330 e. The number of benzene rings is 1. The van der Waals surface area contributed by atoms with Crippen LogP contribution in [0.5, 0.6) is 5.75 Å². The van der Waals surface area contributed by atoms with Crippen LogP contribution in [0.25, 0.3) is 0 Å². The van der Waals surface area contributed by atoms with Gasteiger partial charge in [0.15, 0.2) is 0 Å². The van der Waals surface area contributed by atoms with Gasteiger partial charge in [0.1, 0.15) is 12.4 Å². The fourth-order valence-electron chi connectivity index (χ4n) is 2.02. The van der Waals surface area contributed by atoms with Gasteiger partial charge in [-0.15, -0.1) is 0 Å². The van der Waals surface area contributed by atoms with Crippen LogP contribution in [0.4, 0.5) is 0 Å². The highest BCUT2D eigenvalue weighted by molar-refractivity contribution is 5.81. The van der Waals surface area contributed by atoms with Crippen molar-refractivity contribution in [2.24, 2.45) is 0 Å². The minimum absolute atomic E-state index is 0.283. The zero-order valence-electron chi connectivity index (χ0n) is 11.2. The van der Waals surface area contributed by atoms with E-state index in [1.54, 1.807) is 6.92 Å². The molecular weight excluding hydrogens is 242 g/mol. The lowest BCUT2D eigenvalue weighted by atomic mass is 10.2. The number of rotatable bonds is 4. The van der Waals surface area contributed by atoms with Gasteiger partial charge in [-0.25, -0.2) is 4.79 Å². The number of fused-ring (bicyclic) bond motifs is 1. The lowest BCUT2D eigenvalue weighted by Crippen LogP contribution is -2.25. The summed E-state index contributed by atoms with van der Waals surface area (Å²) in [6, 6.07) is 8.06. The summed E-state index contributed by atoms with van der Waals surface area (Å²) in [5, 5.41) is 0. The molecule has 19 heavy (non-hydrogen) atoms. The summed E-state index contributed by atoms with van der Waals surface area (Å²) in [5.74, 6) is 0.674. The predicted octanol–water partition coefficient (Wildman–Crippen LogP) is 2.00. The molecule has 0 aliphatic carbocycles. The standard InChI is InChI=1S/C15H19NO3/c1-2-18-15(17)8-5-9-16-10-11-19-14-7-4-3-6-13(14)12-16/h3-8H,2,9-12H2,1H3/b8-5+. The highest BCUT2D eigenvalue weighted by Gasteiger charge is 2.13. The highest BCUT2D eigenvalue weighted by atomic mass is 16.5. The number of ether oxygens (including phenoxy) is 2. The van der Waals surface area contributed by atoms with Gasteiger partial charge in [-0.3, -0.25) is 4.90 Å². The van der Waals surface area contributed by atoms with Gasteiger partial charge in [-0.1, -0.05) is 24.3 Å². The Morgan fingerprint density at radius 1 is 1.47 bits per heavy atom. The molecule has 0 unspecified atom stereocenters. The summed E-state index contributed by atoms with van der Waals surface area (Å²) in [6.07, 6.45) is 3.33. The zero-order chi connectivity index (χ0) is 13.5. The lowest BCUT2D eigenvalue weighted by Gasteiger charge is -2.16. The third-order valence-corrected chi connectivity index (χ3v) is 2.94. The van der Waals surface area contributed by atoms with Crippen LogP contribution in [0, 0.1) is 0 Å². The molecule has 4 nitrogen and oxygen atoms in total. The van der Waals surface area contributed by atoms with Gasteiger partial charge in [0.05, 0.1) is 6.61 Å². The van der Waals surface area contributed by atoms with Crippen LogP contribution in [-0.4, -0.2) is 37.2 Å². The molecule has 0 bridgehead atoms. The Bertz CT molecular complexity index is 456. The topological polar surface area (TPSA) is 38.8 Å². The molecule has 0 saturated heterocycles. The Labute approximate surface area is 113 Å². The molecular formula is C15H19NO3. The summed E-state index contributed by atoms with van der Waals surface area (Å²) in [4.78, 5) is 13.4. The van der Waals surface area contributed by atoms with Crippen LogP contribution in [0.1, 0.15) is 12.5 Å². The molecule has 1 aromatic rings. The molecule has 0 N–H and O–H groups in total. The van der Waals surface area contributed by atoms with E-state index in [0.29, 0.717) is 13.2 Å². The molecule has 0 radical (unpaired) electrons. The fraction of sp³-hybridized carbons (Fsp3) is 0.400. The number of hydrogen-bond donors (Lipinski definition) is 0. The molecule has 0 amide bonds. The van der Waals surface area contributed by atoms with Crippen LogP contribution in [-0.2, 0) is 16.1 Å². The van der Waals surface area contributed by atoms with E-state index in [1.165, 1.54) is 11.6 Å². The van der Waals surface area contributed by atoms with E-state index in [9.17, 15) is 4.79 Å². The van der Waals surface area contributed by atoms with Crippen molar-refractivity contribution in [1.82, 2.24) is 4.90 Å². The Morgan fingerprint density at radius 2 is 2.32 bits per heavy atom. The van der Waals surface area contributed by atoms with Crippen LogP contribution in [0.2, 0.25) is 0 Å². The number of nitrogens with zero attached hydrogens (tertiary/aromatic N) is 1. The van der Waals surface area contributed by atoms with Crippen LogP contribution < -0.4 is 4.74 Å². The van der Waals surface area contributed by atoms with E-state index in [0.717, 1.165) is 25.4 Å². The molecule has 0 atom stereocenters. The van der Waals surface area contributed by atoms with Crippen LogP contribution >= 0.6 is 0 Å². The maximum atomic E-state index is 11.2. The number of carbonyl (C=O) groups excluding carboxylic acids is 1. The number of carbonyl (C=O) groups is 1. The van der Waals surface area contributed by atoms with Gasteiger partial charge in [0.2, 0.25) is 0 Å². The fourth-order valence-corrected chi connectivity index (χ4v) is 2.02. The maximum absolute atomic E-state index is 11.2. The Kier molecular flexibility index (Phi) is 4.98. The number of esters is 1. The second-order valence-corrected chi connectivity index (χ2v) is 4.35. The third kappa shape index (κ3) is 4.10. The van der Waals surface area contributed by atoms with Crippen molar-refractivity contribution in [1.29, 1.82) is 0 Å². The molecule has 1 aliphatic rings. The third-order valence-electron chi connectivity index (χ3n) is 2.94. The summed E-state index contributed by atoms with van der Waals surface area (Å²) in [5.41, 5.74) is 1.18. The van der Waals surface area contributed by atoms with E-state index in [2.05, 4.69) is 11.0 Å². The number of hydrogen-bond acceptors (Lipinski definition) is 4. The normalized spacial score (nSPS) is 15.6. The van der Waals surface area contributed by atoms with E-state index in [-0.39, 0.29) is 5.97 Å². The van der Waals surface area contributed by atoms with Crippen molar-refractivity contribution >= 4 is 5.97 Å². The molecule has 4 heteroatoms. The van der Waals surface area contributed by atoms with E-state index < -0.39 is 0 Å². The first-order valence-corrected chi connectivity index (χ1v) is 6.56. The molecule has 0 aromatic heterocycles. The van der Waals surface area contributed by atoms with Gasteiger partial charge in [-0.2, -0.15) is 0 Å². The van der Waals surface area contributed by atoms with Crippen molar-refractivity contribution < 1.29 is 14.3 Å². The van der Waals surface area contributed by atoms with Crippen molar-refractivity contribution in [2.75, 3.05) is 26.3 Å². The van der Waals surface area contributed by atoms with Crippen LogP contribution in [0.15, 0.2) is 36.4 Å². The first-order valence-electron chi connectivity index (χ1n) is 6.56. The molecule has 2 rings (SSSR count). The molecule has 0 saturated carbocycles. The van der Waals surface area contributed by atoms with Crippen molar-refractivity contribution in [3.05, 3.63) is 42.0 Å². The molecule has 1 aromatic carbocycles. The Morgan fingerprint density at radius 3 is 3.16 bits per heavy atom. The minimum Gasteiger partial charge on any atom is -0.492 e. The van der Waals surface area contributed by atoms with Gasteiger partial charge >= 0.3 is 5.97 Å². The summed E-state index contributed by atoms with van der Waals surface area (Å²) >= 11 is 0. The first-order chi connectivity index (χ1) is 9.29. The lowest BCUT2D eigenvalue weighted by molar-refractivity contribution is -0.137. The summed E-state index contributed by atoms with van der Waals surface area (Å²) in [6.45, 7) is 5.29. The quantitative estimate of drug-likeness (QED) is 0.614. The smallest absolute Gasteiger partial charge is 0.330 e. The van der Waals surface area contributed by atoms with Gasteiger partial charge in [-0.05, 0) is 13.0 Å². The molecule has 102 valence electrons. The Hall–Kier alpha value is -1.81. The summed E-state index contributed by atoms with van der Waals surface area (Å²) in [7, 11) is 0. The van der Waals surface area contributed by atoms with E-state index >= 15 is 0 Å².